The van der Waals surface area contributed by atoms with Crippen molar-refractivity contribution in [2.75, 3.05) is 6.61 Å². The van der Waals surface area contributed by atoms with E-state index in [2.05, 4.69) is 13.8 Å². The molecule has 9 atom stereocenters. The quantitative estimate of drug-likeness (QED) is 0.725. The van der Waals surface area contributed by atoms with Crippen LogP contribution >= 0.6 is 0 Å². The number of carbonyl (C=O) groups is 3. The Hall–Kier alpha value is -1.30. The van der Waals surface area contributed by atoms with Gasteiger partial charge in [-0.3, -0.25) is 14.4 Å². The fourth-order valence-corrected chi connectivity index (χ4v) is 7.97. The second kappa shape index (κ2) is 7.14. The molecule has 0 saturated heterocycles. The third-order valence-corrected chi connectivity index (χ3v) is 9.19. The van der Waals surface area contributed by atoms with E-state index in [9.17, 15) is 19.5 Å². The van der Waals surface area contributed by atoms with Gasteiger partial charge in [0.25, 0.3) is 0 Å². The van der Waals surface area contributed by atoms with Crippen LogP contribution in [0.1, 0.15) is 65.7 Å². The summed E-state index contributed by atoms with van der Waals surface area (Å²) >= 11 is 0. The number of halogens is 1. The number of rotatable bonds is 3. The molecule has 4 aliphatic carbocycles. The lowest BCUT2D eigenvalue weighted by atomic mass is 9.43. The first-order valence-electron chi connectivity index (χ1n) is 11.1. The van der Waals surface area contributed by atoms with Crippen molar-refractivity contribution in [3.05, 3.63) is 0 Å². The normalized spacial score (nSPS) is 49.0. The van der Waals surface area contributed by atoms with Gasteiger partial charge >= 0.3 is 5.97 Å². The average Bonchev–Trinajstić information content (AvgIpc) is 2.97. The van der Waals surface area contributed by atoms with E-state index in [0.717, 1.165) is 6.42 Å². The van der Waals surface area contributed by atoms with E-state index in [1.807, 2.05) is 0 Å². The number of fused-ring (bicyclic) bond motifs is 5. The Morgan fingerprint density at radius 3 is 2.62 bits per heavy atom. The summed E-state index contributed by atoms with van der Waals surface area (Å²) in [5.74, 6) is -0.800. The first-order valence-corrected chi connectivity index (χ1v) is 11.1. The molecule has 4 aliphatic rings. The summed E-state index contributed by atoms with van der Waals surface area (Å²) in [4.78, 5) is 35.9. The number of ketones is 2. The highest BCUT2D eigenvalue weighted by molar-refractivity contribution is 5.85. The Bertz CT molecular complexity index is 722. The topological polar surface area (TPSA) is 80.7 Å². The summed E-state index contributed by atoms with van der Waals surface area (Å²) in [5.41, 5.74) is -0.762. The van der Waals surface area contributed by atoms with Gasteiger partial charge in [0, 0.05) is 31.6 Å². The van der Waals surface area contributed by atoms with Crippen molar-refractivity contribution in [1.29, 1.82) is 0 Å². The van der Waals surface area contributed by atoms with Gasteiger partial charge in [-0.1, -0.05) is 13.8 Å². The van der Waals surface area contributed by atoms with Gasteiger partial charge < -0.3 is 9.84 Å². The molecule has 4 rings (SSSR count). The summed E-state index contributed by atoms with van der Waals surface area (Å²) in [6.45, 7) is 5.21. The van der Waals surface area contributed by atoms with Gasteiger partial charge in [0.2, 0.25) is 0 Å². The van der Waals surface area contributed by atoms with Crippen molar-refractivity contribution < 1.29 is 28.6 Å². The fourth-order valence-electron chi connectivity index (χ4n) is 7.97. The molecule has 162 valence electrons. The van der Waals surface area contributed by atoms with Crippen LogP contribution in [0.2, 0.25) is 0 Å². The number of alkyl halides is 1. The molecule has 4 fully saturated rings. The summed E-state index contributed by atoms with van der Waals surface area (Å²) in [7, 11) is 0. The predicted octanol–water partition coefficient (Wildman–Crippen LogP) is 3.27. The molecule has 0 aromatic carbocycles. The maximum Gasteiger partial charge on any atom is 0.303 e. The molecule has 4 saturated carbocycles. The molecular formula is C23H33FO5. The Kier molecular flexibility index (Phi) is 5.16. The van der Waals surface area contributed by atoms with Gasteiger partial charge in [0.1, 0.15) is 18.6 Å². The zero-order chi connectivity index (χ0) is 21.1. The van der Waals surface area contributed by atoms with Gasteiger partial charge in [0.05, 0.1) is 6.10 Å². The molecule has 0 spiro atoms. The number of aliphatic hydroxyl groups excluding tert-OH is 1. The molecule has 0 aromatic rings. The number of aliphatic hydroxyl groups is 1. The molecule has 1 N–H and O–H groups in total. The van der Waals surface area contributed by atoms with Gasteiger partial charge in [0.15, 0.2) is 5.78 Å². The van der Waals surface area contributed by atoms with Crippen LogP contribution in [0.4, 0.5) is 4.39 Å². The molecule has 0 amide bonds. The maximum absolute atomic E-state index is 15.3. The Morgan fingerprint density at radius 2 is 1.93 bits per heavy atom. The van der Waals surface area contributed by atoms with Crippen LogP contribution in [-0.4, -0.2) is 41.5 Å². The van der Waals surface area contributed by atoms with Crippen LogP contribution in [0.25, 0.3) is 0 Å². The molecular weight excluding hydrogens is 375 g/mol. The van der Waals surface area contributed by atoms with Crippen LogP contribution < -0.4 is 0 Å². The number of Topliss-reactive ketones (excluding diaryl/α,β-unsaturated/α-hetero) is 2. The number of carbonyl (C=O) groups excluding carboxylic acids is 3. The van der Waals surface area contributed by atoms with Gasteiger partial charge in [-0.2, -0.15) is 0 Å². The van der Waals surface area contributed by atoms with Crippen molar-refractivity contribution in [2.45, 2.75) is 78.0 Å². The SMILES string of the molecule is CC(=O)OCC(=O)[C@H]1CC[C@H]2[C@@H]3C[C@H](F)[C@@H]4CC(=O)CC[C@]4(C)[C@H]3[C@H](O)C[C@]12C. The lowest BCUT2D eigenvalue weighted by Crippen LogP contribution is -2.61. The molecule has 0 unspecified atom stereocenters. The van der Waals surface area contributed by atoms with Gasteiger partial charge in [-0.15, -0.1) is 0 Å². The third kappa shape index (κ3) is 3.17. The molecule has 6 heteroatoms. The summed E-state index contributed by atoms with van der Waals surface area (Å²) in [6, 6.07) is 0. The lowest BCUT2D eigenvalue weighted by molar-refractivity contribution is -0.189. The minimum atomic E-state index is -1.03. The van der Waals surface area contributed by atoms with Crippen molar-refractivity contribution in [1.82, 2.24) is 0 Å². The van der Waals surface area contributed by atoms with E-state index in [1.54, 1.807) is 0 Å². The Morgan fingerprint density at radius 1 is 1.21 bits per heavy atom. The van der Waals surface area contributed by atoms with Gasteiger partial charge in [-0.05, 0) is 60.7 Å². The first-order chi connectivity index (χ1) is 13.6. The van der Waals surface area contributed by atoms with Crippen LogP contribution in [0, 0.1) is 40.4 Å². The fraction of sp³-hybridized carbons (Fsp3) is 0.870. The van der Waals surface area contributed by atoms with Crippen molar-refractivity contribution in [3.63, 3.8) is 0 Å². The molecule has 0 radical (unpaired) electrons. The summed E-state index contributed by atoms with van der Waals surface area (Å²) < 4.78 is 20.3. The van der Waals surface area contributed by atoms with Crippen molar-refractivity contribution >= 4 is 17.5 Å². The molecule has 29 heavy (non-hydrogen) atoms. The van der Waals surface area contributed by atoms with Crippen molar-refractivity contribution in [2.24, 2.45) is 40.4 Å². The monoisotopic (exact) mass is 408 g/mol. The predicted molar refractivity (Wildman–Crippen MR) is 104 cm³/mol. The number of hydrogen-bond acceptors (Lipinski definition) is 5. The highest BCUT2D eigenvalue weighted by Crippen LogP contribution is 2.67. The molecule has 0 bridgehead atoms. The van der Waals surface area contributed by atoms with E-state index in [0.29, 0.717) is 38.5 Å². The Balaban J connectivity index is 1.61. The van der Waals surface area contributed by atoms with Crippen LogP contribution in [0.3, 0.4) is 0 Å². The minimum Gasteiger partial charge on any atom is -0.458 e. The van der Waals surface area contributed by atoms with Crippen molar-refractivity contribution in [3.8, 4) is 0 Å². The smallest absolute Gasteiger partial charge is 0.303 e. The standard InChI is InChI=1S/C23H33FO5/c1-12(25)29-11-20(28)16-5-4-15-14-9-18(24)17-8-13(26)6-7-22(17,2)21(14)19(27)10-23(15,16)3/h14-19,21,27H,4-11H2,1-3H3/t14-,15-,16+,17-,18-,19+,21+,22-,23-/m0/s1. The van der Waals surface area contributed by atoms with Crippen LogP contribution in [0.5, 0.6) is 0 Å². The maximum atomic E-state index is 15.3. The van der Waals surface area contributed by atoms with E-state index >= 15 is 4.39 Å². The average molecular weight is 409 g/mol. The lowest BCUT2D eigenvalue weighted by Gasteiger charge is -2.62. The van der Waals surface area contributed by atoms with Gasteiger partial charge in [-0.25, -0.2) is 4.39 Å². The number of hydrogen-bond donors (Lipinski definition) is 1. The van der Waals surface area contributed by atoms with E-state index in [-0.39, 0.29) is 53.2 Å². The zero-order valence-electron chi connectivity index (χ0n) is 17.7. The van der Waals surface area contributed by atoms with E-state index < -0.39 is 23.7 Å². The number of esters is 1. The third-order valence-electron chi connectivity index (χ3n) is 9.19. The molecule has 0 heterocycles. The molecule has 0 aromatic heterocycles. The Labute approximate surface area is 171 Å². The van der Waals surface area contributed by atoms with E-state index in [4.69, 9.17) is 4.74 Å². The highest BCUT2D eigenvalue weighted by atomic mass is 19.1. The van der Waals surface area contributed by atoms with Crippen LogP contribution in [-0.2, 0) is 19.1 Å². The number of ether oxygens (including phenoxy) is 1. The largest absolute Gasteiger partial charge is 0.458 e. The summed E-state index contributed by atoms with van der Waals surface area (Å²) in [5, 5.41) is 11.3. The molecule has 0 aliphatic heterocycles. The van der Waals surface area contributed by atoms with Crippen LogP contribution in [0.15, 0.2) is 0 Å². The second-order valence-corrected chi connectivity index (χ2v) is 10.6. The zero-order valence-corrected chi connectivity index (χ0v) is 17.7. The molecule has 5 nitrogen and oxygen atoms in total. The summed E-state index contributed by atoms with van der Waals surface area (Å²) in [6.07, 6.45) is 2.21. The highest BCUT2D eigenvalue weighted by Gasteiger charge is 2.65. The first kappa shape index (κ1) is 21.0. The second-order valence-electron chi connectivity index (χ2n) is 10.6. The minimum absolute atomic E-state index is 0.0204. The van der Waals surface area contributed by atoms with E-state index in [1.165, 1.54) is 6.92 Å².